The molecule has 0 spiro atoms. The van der Waals surface area contributed by atoms with E-state index in [9.17, 15) is 33.1 Å². The Morgan fingerprint density at radius 3 is 2.47 bits per heavy atom. The third-order valence-electron chi connectivity index (χ3n) is 7.75. The molecule has 45 heavy (non-hydrogen) atoms. The first-order chi connectivity index (χ1) is 21.5. The number of hydrogen-bond acceptors (Lipinski definition) is 9. The van der Waals surface area contributed by atoms with Crippen LogP contribution in [0, 0.1) is 5.82 Å². The minimum atomic E-state index is -4.51. The van der Waals surface area contributed by atoms with Gasteiger partial charge in [0.05, 0.1) is 24.4 Å². The minimum Gasteiger partial charge on any atom is -0.449 e. The highest BCUT2D eigenvalue weighted by molar-refractivity contribution is 7.51. The predicted molar refractivity (Wildman–Crippen MR) is 162 cm³/mol. The lowest BCUT2D eigenvalue weighted by Crippen LogP contribution is -2.56. The second kappa shape index (κ2) is 15.6. The van der Waals surface area contributed by atoms with Crippen molar-refractivity contribution >= 4 is 31.3 Å². The monoisotopic (exact) mass is 650 g/mol. The number of nitrogens with zero attached hydrogens (tertiary/aromatic N) is 5. The van der Waals surface area contributed by atoms with Crippen LogP contribution in [0.5, 0.6) is 0 Å². The summed E-state index contributed by atoms with van der Waals surface area (Å²) in [6, 6.07) is 6.02. The van der Waals surface area contributed by atoms with Gasteiger partial charge >= 0.3 is 13.7 Å². The van der Waals surface area contributed by atoms with Crippen LogP contribution in [0.15, 0.2) is 30.3 Å². The highest BCUT2D eigenvalue weighted by Gasteiger charge is 2.33. The molecular formula is C29H40FN6O8P. The Balaban J connectivity index is 1.54. The number of nitrogens with one attached hydrogen (secondary N) is 1. The zero-order valence-corrected chi connectivity index (χ0v) is 26.3. The molecule has 2 aliphatic rings. The largest absolute Gasteiger partial charge is 0.449 e. The molecule has 2 aromatic rings. The van der Waals surface area contributed by atoms with Gasteiger partial charge in [-0.25, -0.2) is 19.2 Å². The summed E-state index contributed by atoms with van der Waals surface area (Å²) >= 11 is 0. The molecular weight excluding hydrogens is 610 g/mol. The quantitative estimate of drug-likeness (QED) is 0.227. The van der Waals surface area contributed by atoms with E-state index < -0.39 is 43.5 Å². The first-order valence-corrected chi connectivity index (χ1v) is 16.8. The van der Waals surface area contributed by atoms with Gasteiger partial charge in [0.25, 0.3) is 5.91 Å². The number of benzene rings is 1. The fraction of sp³-hybridized carbons (Fsp3) is 0.552. The van der Waals surface area contributed by atoms with Gasteiger partial charge in [-0.3, -0.25) is 14.2 Å². The summed E-state index contributed by atoms with van der Waals surface area (Å²) in [7, 11) is -2.91. The van der Waals surface area contributed by atoms with E-state index in [0.29, 0.717) is 25.5 Å². The molecule has 0 saturated carbocycles. The summed E-state index contributed by atoms with van der Waals surface area (Å²) in [5.41, 5.74) is -0.0659. The third kappa shape index (κ3) is 9.42. The minimum absolute atomic E-state index is 0.0309. The fourth-order valence-corrected chi connectivity index (χ4v) is 5.71. The second-order valence-corrected chi connectivity index (χ2v) is 12.8. The number of aromatic nitrogens is 2. The number of hydrogen-bond donors (Lipinski definition) is 3. The standard InChI is InChI=1S/C29H40FN6O8P/c1-3-4-16-44-29(39)35-14-12-34(13-15-35)28(38)23(10-17-45(40,41)42)32-27(37)24-18-25(36-11-9-20(19-36)43-2)33-26(31-24)21-7-5-6-8-22(21)30/h5-8,18,20,23H,3-4,9-17,19H2,1-2H3,(H,32,37)(H2,40,41,42)/t20-,23-/m0/s1. The molecule has 1 aromatic carbocycles. The van der Waals surface area contributed by atoms with Crippen LogP contribution in [0.2, 0.25) is 0 Å². The van der Waals surface area contributed by atoms with Crippen LogP contribution in [-0.4, -0.2) is 119 Å². The molecule has 3 amide bonds. The smallest absolute Gasteiger partial charge is 0.409 e. The van der Waals surface area contributed by atoms with E-state index in [4.69, 9.17) is 9.47 Å². The van der Waals surface area contributed by atoms with Gasteiger partial charge in [0.1, 0.15) is 23.4 Å². The highest BCUT2D eigenvalue weighted by atomic mass is 31.2. The Morgan fingerprint density at radius 1 is 1.11 bits per heavy atom. The summed E-state index contributed by atoms with van der Waals surface area (Å²) in [6.45, 7) is 4.06. The van der Waals surface area contributed by atoms with E-state index >= 15 is 0 Å². The van der Waals surface area contributed by atoms with Gasteiger partial charge in [0.2, 0.25) is 5.91 Å². The summed E-state index contributed by atoms with van der Waals surface area (Å²) < 4.78 is 37.2. The molecule has 0 radical (unpaired) electrons. The molecule has 14 nitrogen and oxygen atoms in total. The maximum Gasteiger partial charge on any atom is 0.409 e. The second-order valence-electron chi connectivity index (χ2n) is 11.0. The molecule has 246 valence electrons. The van der Waals surface area contributed by atoms with Crippen LogP contribution in [0.3, 0.4) is 0 Å². The van der Waals surface area contributed by atoms with Crippen molar-refractivity contribution in [2.45, 2.75) is 44.8 Å². The third-order valence-corrected chi connectivity index (χ3v) is 8.59. The lowest BCUT2D eigenvalue weighted by Gasteiger charge is -2.36. The maximum atomic E-state index is 14.8. The molecule has 3 N–H and O–H groups in total. The number of piperazine rings is 1. The molecule has 16 heteroatoms. The maximum absolute atomic E-state index is 14.8. The van der Waals surface area contributed by atoms with Gasteiger partial charge in [0.15, 0.2) is 5.82 Å². The number of anilines is 1. The van der Waals surface area contributed by atoms with E-state index in [2.05, 4.69) is 15.3 Å². The van der Waals surface area contributed by atoms with Crippen LogP contribution in [0.4, 0.5) is 15.0 Å². The summed E-state index contributed by atoms with van der Waals surface area (Å²) in [4.78, 5) is 72.2. The van der Waals surface area contributed by atoms with Gasteiger partial charge in [-0.1, -0.05) is 25.5 Å². The molecule has 0 unspecified atom stereocenters. The van der Waals surface area contributed by atoms with E-state index in [1.807, 2.05) is 11.8 Å². The first-order valence-electron chi connectivity index (χ1n) is 15.0. The van der Waals surface area contributed by atoms with E-state index in [1.54, 1.807) is 13.2 Å². The van der Waals surface area contributed by atoms with Crippen molar-refractivity contribution in [1.29, 1.82) is 0 Å². The zero-order valence-electron chi connectivity index (χ0n) is 25.4. The van der Waals surface area contributed by atoms with Crippen LogP contribution >= 0.6 is 7.60 Å². The number of ether oxygens (including phenoxy) is 2. The van der Waals surface area contributed by atoms with Gasteiger partial charge in [-0.05, 0) is 31.4 Å². The van der Waals surface area contributed by atoms with Gasteiger partial charge < -0.3 is 39.3 Å². The Labute approximate surface area is 261 Å². The summed E-state index contributed by atoms with van der Waals surface area (Å²) in [6.07, 6.45) is 0.837. The average molecular weight is 651 g/mol. The molecule has 1 aromatic heterocycles. The van der Waals surface area contributed by atoms with Crippen molar-refractivity contribution in [3.63, 3.8) is 0 Å². The topological polar surface area (TPSA) is 175 Å². The number of carbonyl (C=O) groups excluding carboxylic acids is 3. The molecule has 0 bridgehead atoms. The predicted octanol–water partition coefficient (Wildman–Crippen LogP) is 2.25. The molecule has 3 heterocycles. The molecule has 2 saturated heterocycles. The number of methoxy groups -OCH3 is 1. The highest BCUT2D eigenvalue weighted by Crippen LogP contribution is 2.35. The van der Waals surface area contributed by atoms with E-state index in [-0.39, 0.29) is 55.8 Å². The number of rotatable bonds is 12. The molecule has 0 aliphatic carbocycles. The fourth-order valence-electron chi connectivity index (χ4n) is 5.12. The van der Waals surface area contributed by atoms with Crippen molar-refractivity contribution in [2.24, 2.45) is 0 Å². The zero-order chi connectivity index (χ0) is 32.6. The van der Waals surface area contributed by atoms with Crippen LogP contribution in [0.1, 0.15) is 43.1 Å². The lowest BCUT2D eigenvalue weighted by molar-refractivity contribution is -0.134. The van der Waals surface area contributed by atoms with Crippen molar-refractivity contribution in [2.75, 3.05) is 64.0 Å². The molecule has 2 atom stereocenters. The van der Waals surface area contributed by atoms with Gasteiger partial charge in [0, 0.05) is 52.4 Å². The van der Waals surface area contributed by atoms with E-state index in [0.717, 1.165) is 19.3 Å². The average Bonchev–Trinajstić information content (AvgIpc) is 3.52. The summed E-state index contributed by atoms with van der Waals surface area (Å²) in [5, 5.41) is 2.60. The number of amides is 3. The molecule has 4 rings (SSSR count). The lowest BCUT2D eigenvalue weighted by atomic mass is 10.1. The summed E-state index contributed by atoms with van der Waals surface area (Å²) in [5.74, 6) is -1.59. The number of carbonyl (C=O) groups is 3. The van der Waals surface area contributed by atoms with Gasteiger partial charge in [-0.2, -0.15) is 0 Å². The van der Waals surface area contributed by atoms with Crippen molar-refractivity contribution in [1.82, 2.24) is 25.1 Å². The van der Waals surface area contributed by atoms with Crippen molar-refractivity contribution in [3.05, 3.63) is 41.8 Å². The van der Waals surface area contributed by atoms with E-state index in [1.165, 1.54) is 34.1 Å². The van der Waals surface area contributed by atoms with Crippen molar-refractivity contribution < 1.29 is 42.6 Å². The van der Waals surface area contributed by atoms with Crippen LogP contribution < -0.4 is 10.2 Å². The Bertz CT molecular complexity index is 1400. The van der Waals surface area contributed by atoms with Crippen molar-refractivity contribution in [3.8, 4) is 11.4 Å². The normalized spacial score (nSPS) is 17.7. The SMILES string of the molecule is CCCCOC(=O)N1CCN(C(=O)[C@H](CCP(=O)(O)O)NC(=O)c2cc(N3CC[C@H](OC)C3)nc(-c3ccccc3F)n2)CC1. The number of halogens is 1. The number of unbranched alkanes of at least 4 members (excludes halogenated alkanes) is 1. The molecule has 2 fully saturated rings. The Hall–Kier alpha value is -3.65. The Kier molecular flexibility index (Phi) is 11.8. The van der Waals surface area contributed by atoms with Gasteiger partial charge in [-0.15, -0.1) is 0 Å². The first kappa shape index (κ1) is 34.2. The van der Waals surface area contributed by atoms with Crippen LogP contribution in [0.25, 0.3) is 11.4 Å². The van der Waals surface area contributed by atoms with Crippen LogP contribution in [-0.2, 0) is 18.8 Å². The molecule has 2 aliphatic heterocycles. The Morgan fingerprint density at radius 2 is 1.82 bits per heavy atom.